The number of hydrogen-bond acceptors (Lipinski definition) is 7. The van der Waals surface area contributed by atoms with Crippen molar-refractivity contribution in [1.29, 1.82) is 0 Å². The molecule has 1 fully saturated rings. The zero-order chi connectivity index (χ0) is 28.7. The second-order valence-corrected chi connectivity index (χ2v) is 10.9. The van der Waals surface area contributed by atoms with Crippen LogP contribution in [0.15, 0.2) is 96.2 Å². The highest BCUT2D eigenvalue weighted by Gasteiger charge is 2.31. The molecule has 4 aromatic rings. The molecule has 1 aromatic heterocycles. The van der Waals surface area contributed by atoms with Crippen molar-refractivity contribution in [3.8, 4) is 11.1 Å². The van der Waals surface area contributed by atoms with Gasteiger partial charge in [0.2, 0.25) is 0 Å². The van der Waals surface area contributed by atoms with Gasteiger partial charge in [0.1, 0.15) is 0 Å². The van der Waals surface area contributed by atoms with Crippen molar-refractivity contribution in [2.45, 2.75) is 24.2 Å². The Labute approximate surface area is 243 Å². The number of hydrazine groups is 1. The molecule has 2 heterocycles. The van der Waals surface area contributed by atoms with E-state index in [1.165, 1.54) is 24.1 Å². The molecule has 1 aliphatic heterocycles. The van der Waals surface area contributed by atoms with Crippen molar-refractivity contribution in [3.63, 3.8) is 0 Å². The molecule has 3 aromatic carbocycles. The smallest absolute Gasteiger partial charge is 0.326 e. The largest absolute Gasteiger partial charge is 0.416 e. The third kappa shape index (κ3) is 8.01. The first-order chi connectivity index (χ1) is 19.8. The predicted octanol–water partition coefficient (Wildman–Crippen LogP) is 6.75. The number of nitrogens with zero attached hydrogens (tertiary/aromatic N) is 3. The molecule has 41 heavy (non-hydrogen) atoms. The van der Waals surface area contributed by atoms with E-state index in [9.17, 15) is 13.2 Å². The van der Waals surface area contributed by atoms with Gasteiger partial charge in [-0.1, -0.05) is 36.4 Å². The topological polar surface area (TPSA) is 55.5 Å². The zero-order valence-electron chi connectivity index (χ0n) is 22.8. The van der Waals surface area contributed by atoms with E-state index in [1.807, 2.05) is 54.6 Å². The summed E-state index contributed by atoms with van der Waals surface area (Å²) in [7, 11) is 2.12. The van der Waals surface area contributed by atoms with Gasteiger partial charge in [0.05, 0.1) is 5.56 Å². The maximum absolute atomic E-state index is 13.7. The Morgan fingerprint density at radius 3 is 2.34 bits per heavy atom. The molecule has 0 atom stereocenters. The minimum atomic E-state index is -4.43. The van der Waals surface area contributed by atoms with Crippen LogP contribution in [0.4, 0.5) is 24.5 Å². The van der Waals surface area contributed by atoms with E-state index >= 15 is 0 Å². The van der Waals surface area contributed by atoms with E-state index in [0.29, 0.717) is 11.4 Å². The van der Waals surface area contributed by atoms with Gasteiger partial charge in [0.25, 0.3) is 0 Å². The van der Waals surface area contributed by atoms with Crippen LogP contribution in [0.5, 0.6) is 0 Å². The average molecular weight is 579 g/mol. The molecule has 0 amide bonds. The molecule has 0 spiro atoms. The summed E-state index contributed by atoms with van der Waals surface area (Å²) in [4.78, 5) is 9.32. The molecular weight excluding hydrogens is 545 g/mol. The second-order valence-electron chi connectivity index (χ2n) is 10.1. The Kier molecular flexibility index (Phi) is 9.45. The first-order valence-electron chi connectivity index (χ1n) is 13.5. The lowest BCUT2D eigenvalue weighted by Crippen LogP contribution is -2.43. The number of aromatic nitrogens is 1. The normalized spacial score (nSPS) is 14.6. The van der Waals surface area contributed by atoms with Gasteiger partial charge in [-0.3, -0.25) is 9.88 Å². The van der Waals surface area contributed by atoms with Crippen LogP contribution in [0.3, 0.4) is 0 Å². The van der Waals surface area contributed by atoms with Gasteiger partial charge in [-0.25, -0.2) is 5.43 Å². The number of pyridine rings is 1. The van der Waals surface area contributed by atoms with Crippen LogP contribution < -0.4 is 15.6 Å². The minimum Gasteiger partial charge on any atom is -0.326 e. The van der Waals surface area contributed by atoms with Crippen molar-refractivity contribution in [2.24, 2.45) is 0 Å². The van der Waals surface area contributed by atoms with Crippen LogP contribution in [0.2, 0.25) is 0 Å². The van der Waals surface area contributed by atoms with Gasteiger partial charge in [-0.05, 0) is 83.7 Å². The summed E-state index contributed by atoms with van der Waals surface area (Å²) < 4.78 is 44.3. The van der Waals surface area contributed by atoms with E-state index in [4.69, 9.17) is 0 Å². The molecule has 1 aliphatic rings. The molecule has 0 aliphatic carbocycles. The predicted molar refractivity (Wildman–Crippen MR) is 160 cm³/mol. The van der Waals surface area contributed by atoms with Crippen molar-refractivity contribution in [2.75, 3.05) is 43.4 Å². The SMILES string of the molecule is CN1CCN(Cc2ccccc2-c2ccc(C(F)(F)F)cc2SNc2ccc(NNCc3cccnc3)cc2)CC1. The van der Waals surface area contributed by atoms with Crippen LogP contribution in [0.1, 0.15) is 16.7 Å². The summed E-state index contributed by atoms with van der Waals surface area (Å²) in [5.74, 6) is 0. The molecule has 1 saturated heterocycles. The molecular formula is C31H33F3N6S. The van der Waals surface area contributed by atoms with Crippen LogP contribution in [0.25, 0.3) is 11.1 Å². The highest BCUT2D eigenvalue weighted by molar-refractivity contribution is 8.00. The van der Waals surface area contributed by atoms with E-state index in [2.05, 4.69) is 43.5 Å². The van der Waals surface area contributed by atoms with Gasteiger partial charge in [-0.15, -0.1) is 0 Å². The summed E-state index contributed by atoms with van der Waals surface area (Å²) in [5, 5.41) is 0. The number of hydrogen-bond donors (Lipinski definition) is 3. The maximum Gasteiger partial charge on any atom is 0.416 e. The Morgan fingerprint density at radius 2 is 1.61 bits per heavy atom. The number of benzene rings is 3. The number of alkyl halides is 3. The summed E-state index contributed by atoms with van der Waals surface area (Å²) in [6.45, 7) is 5.30. The van der Waals surface area contributed by atoms with Crippen LogP contribution in [0, 0.1) is 0 Å². The van der Waals surface area contributed by atoms with Gasteiger partial charge >= 0.3 is 6.18 Å². The quantitative estimate of drug-likeness (QED) is 0.142. The van der Waals surface area contributed by atoms with Crippen molar-refractivity contribution in [3.05, 3.63) is 108 Å². The molecule has 0 radical (unpaired) electrons. The van der Waals surface area contributed by atoms with Crippen LogP contribution >= 0.6 is 11.9 Å². The zero-order valence-corrected chi connectivity index (χ0v) is 23.6. The molecule has 10 heteroatoms. The van der Waals surface area contributed by atoms with Gasteiger partial charge in [0, 0.05) is 67.9 Å². The van der Waals surface area contributed by atoms with E-state index in [1.54, 1.807) is 18.5 Å². The fourth-order valence-electron chi connectivity index (χ4n) is 4.66. The molecule has 5 rings (SSSR count). The van der Waals surface area contributed by atoms with Gasteiger partial charge in [0.15, 0.2) is 0 Å². The molecule has 0 saturated carbocycles. The van der Waals surface area contributed by atoms with E-state index in [0.717, 1.165) is 66.4 Å². The number of halogens is 3. The van der Waals surface area contributed by atoms with Crippen molar-refractivity contribution in [1.82, 2.24) is 20.2 Å². The van der Waals surface area contributed by atoms with Gasteiger partial charge < -0.3 is 15.0 Å². The fourth-order valence-corrected chi connectivity index (χ4v) is 5.50. The molecule has 0 bridgehead atoms. The summed E-state index contributed by atoms with van der Waals surface area (Å²) in [6.07, 6.45) is -0.897. The Balaban J connectivity index is 1.30. The third-order valence-corrected chi connectivity index (χ3v) is 7.91. The third-order valence-electron chi connectivity index (χ3n) is 7.02. The number of anilines is 2. The lowest BCUT2D eigenvalue weighted by atomic mass is 9.98. The Hall–Kier alpha value is -3.57. The standard InChI is InChI=1S/C31H33F3N6S/c1-39-15-17-40(18-16-39)22-24-6-2-3-7-28(24)29-13-8-25(31(32,33)34)19-30(29)41-38-27-11-9-26(10-12-27)37-36-21-23-5-4-14-35-20-23/h2-14,19-20,36-38H,15-18,21-22H2,1H3. The first kappa shape index (κ1) is 28.9. The monoisotopic (exact) mass is 578 g/mol. The summed E-state index contributed by atoms with van der Waals surface area (Å²) >= 11 is 1.19. The van der Waals surface area contributed by atoms with E-state index in [-0.39, 0.29) is 0 Å². The summed E-state index contributed by atoms with van der Waals surface area (Å²) in [5.41, 5.74) is 11.2. The van der Waals surface area contributed by atoms with Gasteiger partial charge in [-0.2, -0.15) is 13.2 Å². The number of rotatable bonds is 10. The fraction of sp³-hybridized carbons (Fsp3) is 0.258. The maximum atomic E-state index is 13.7. The molecule has 0 unspecified atom stereocenters. The Morgan fingerprint density at radius 1 is 0.854 bits per heavy atom. The summed E-state index contributed by atoms with van der Waals surface area (Å²) in [6, 6.07) is 23.4. The Bertz CT molecular complexity index is 1410. The number of piperazine rings is 1. The lowest BCUT2D eigenvalue weighted by Gasteiger charge is -2.32. The number of nitrogens with one attached hydrogen (secondary N) is 3. The van der Waals surface area contributed by atoms with Crippen molar-refractivity contribution >= 4 is 23.3 Å². The van der Waals surface area contributed by atoms with Crippen LogP contribution in [-0.4, -0.2) is 48.0 Å². The van der Waals surface area contributed by atoms with E-state index < -0.39 is 11.7 Å². The lowest BCUT2D eigenvalue weighted by molar-refractivity contribution is -0.137. The highest BCUT2D eigenvalue weighted by Crippen LogP contribution is 2.39. The van der Waals surface area contributed by atoms with Crippen molar-refractivity contribution < 1.29 is 13.2 Å². The van der Waals surface area contributed by atoms with Crippen LogP contribution in [-0.2, 0) is 19.3 Å². The molecule has 214 valence electrons. The molecule has 3 N–H and O–H groups in total. The second kappa shape index (κ2) is 13.4. The highest BCUT2D eigenvalue weighted by atomic mass is 32.2. The number of likely N-dealkylation sites (N-methyl/N-ethyl adjacent to an activating group) is 1. The first-order valence-corrected chi connectivity index (χ1v) is 14.3. The minimum absolute atomic E-state index is 0.519. The average Bonchev–Trinajstić information content (AvgIpc) is 2.98. The molecule has 6 nitrogen and oxygen atoms in total.